The van der Waals surface area contributed by atoms with Gasteiger partial charge in [-0.25, -0.2) is 0 Å². The zero-order chi connectivity index (χ0) is 17.3. The van der Waals surface area contributed by atoms with E-state index in [1.807, 2.05) is 0 Å². The van der Waals surface area contributed by atoms with Crippen LogP contribution in [-0.4, -0.2) is 35.8 Å². The number of rotatable bonds is 4. The number of benzene rings is 1. The van der Waals surface area contributed by atoms with Gasteiger partial charge in [-0.3, -0.25) is 19.3 Å². The number of carbonyl (C=O) groups is 3. The Hall–Kier alpha value is -2.37. The molecule has 0 bridgehead atoms. The molecule has 128 valence electrons. The van der Waals surface area contributed by atoms with E-state index < -0.39 is 6.04 Å². The number of nitrogens with zero attached hydrogens (tertiary/aromatic N) is 1. The molecular formula is C18H22N2O4. The summed E-state index contributed by atoms with van der Waals surface area (Å²) < 4.78 is 5.13. The first kappa shape index (κ1) is 16.5. The second kappa shape index (κ2) is 6.63. The van der Waals surface area contributed by atoms with E-state index in [9.17, 15) is 14.4 Å². The number of likely N-dealkylation sites (tertiary alicyclic amines) is 1. The van der Waals surface area contributed by atoms with E-state index in [4.69, 9.17) is 4.74 Å². The van der Waals surface area contributed by atoms with Gasteiger partial charge in [-0.1, -0.05) is 18.9 Å². The van der Waals surface area contributed by atoms with E-state index in [1.165, 1.54) is 0 Å². The highest BCUT2D eigenvalue weighted by molar-refractivity contribution is 6.09. The smallest absolute Gasteiger partial charge is 0.247 e. The first-order chi connectivity index (χ1) is 11.5. The number of fused-ring (bicyclic) bond motifs is 1. The summed E-state index contributed by atoms with van der Waals surface area (Å²) in [5.41, 5.74) is 0.572. The Morgan fingerprint density at radius 2 is 1.83 bits per heavy atom. The van der Waals surface area contributed by atoms with Gasteiger partial charge in [-0.2, -0.15) is 0 Å². The average molecular weight is 330 g/mol. The van der Waals surface area contributed by atoms with Crippen molar-refractivity contribution in [3.05, 3.63) is 24.3 Å². The van der Waals surface area contributed by atoms with Gasteiger partial charge in [0.15, 0.2) is 0 Å². The van der Waals surface area contributed by atoms with E-state index in [0.29, 0.717) is 11.4 Å². The monoisotopic (exact) mass is 330 g/mol. The van der Waals surface area contributed by atoms with Gasteiger partial charge in [0.05, 0.1) is 18.9 Å². The van der Waals surface area contributed by atoms with Crippen LogP contribution < -0.4 is 10.1 Å². The molecule has 0 spiro atoms. The summed E-state index contributed by atoms with van der Waals surface area (Å²) in [6.07, 6.45) is 3.43. The zero-order valence-corrected chi connectivity index (χ0v) is 14.0. The number of nitrogens with one attached hydrogen (secondary N) is 1. The molecule has 1 saturated carbocycles. The second-order valence-corrected chi connectivity index (χ2v) is 6.44. The van der Waals surface area contributed by atoms with Crippen LogP contribution in [-0.2, 0) is 14.4 Å². The first-order valence-corrected chi connectivity index (χ1v) is 8.34. The Morgan fingerprint density at radius 3 is 2.42 bits per heavy atom. The van der Waals surface area contributed by atoms with Crippen molar-refractivity contribution in [2.24, 2.45) is 11.8 Å². The van der Waals surface area contributed by atoms with Crippen LogP contribution in [0.5, 0.6) is 5.75 Å². The van der Waals surface area contributed by atoms with Gasteiger partial charge in [0, 0.05) is 11.8 Å². The molecule has 6 heteroatoms. The van der Waals surface area contributed by atoms with Crippen molar-refractivity contribution in [2.75, 3.05) is 12.4 Å². The van der Waals surface area contributed by atoms with Gasteiger partial charge in [-0.15, -0.1) is 0 Å². The van der Waals surface area contributed by atoms with Gasteiger partial charge in [-0.05, 0) is 31.9 Å². The molecule has 1 aliphatic carbocycles. The third-order valence-electron chi connectivity index (χ3n) is 4.98. The van der Waals surface area contributed by atoms with E-state index in [-0.39, 0.29) is 29.6 Å². The van der Waals surface area contributed by atoms with Crippen LogP contribution in [0.3, 0.4) is 0 Å². The lowest BCUT2D eigenvalue weighted by molar-refractivity contribution is -0.146. The van der Waals surface area contributed by atoms with Crippen molar-refractivity contribution in [1.82, 2.24) is 4.90 Å². The largest absolute Gasteiger partial charge is 0.497 e. The summed E-state index contributed by atoms with van der Waals surface area (Å²) in [4.78, 5) is 38.8. The van der Waals surface area contributed by atoms with Crippen LogP contribution in [0, 0.1) is 11.8 Å². The Morgan fingerprint density at radius 1 is 1.21 bits per heavy atom. The third kappa shape index (κ3) is 2.88. The SMILES string of the molecule is COc1cccc(NC(=O)C(C)N2C(=O)C3CCCCC3C2=O)c1. The molecule has 1 N–H and O–H groups in total. The number of ether oxygens (including phenoxy) is 1. The normalized spacial score (nSPS) is 24.5. The molecule has 1 aliphatic heterocycles. The van der Waals surface area contributed by atoms with Crippen LogP contribution in [0.4, 0.5) is 5.69 Å². The maximum absolute atomic E-state index is 12.6. The number of imide groups is 1. The summed E-state index contributed by atoms with van der Waals surface area (Å²) in [6, 6.07) is 6.15. The molecule has 0 aromatic heterocycles. The molecule has 3 amide bonds. The summed E-state index contributed by atoms with van der Waals surface area (Å²) in [5, 5.41) is 2.75. The minimum Gasteiger partial charge on any atom is -0.497 e. The fourth-order valence-corrected chi connectivity index (χ4v) is 3.63. The highest BCUT2D eigenvalue weighted by atomic mass is 16.5. The molecule has 3 atom stereocenters. The molecule has 2 aliphatic rings. The molecule has 24 heavy (non-hydrogen) atoms. The lowest BCUT2D eigenvalue weighted by Gasteiger charge is -2.22. The molecule has 1 saturated heterocycles. The molecular weight excluding hydrogens is 308 g/mol. The van der Waals surface area contributed by atoms with Crippen molar-refractivity contribution in [2.45, 2.75) is 38.6 Å². The zero-order valence-electron chi connectivity index (χ0n) is 14.0. The molecule has 1 aromatic rings. The molecule has 0 radical (unpaired) electrons. The van der Waals surface area contributed by atoms with Crippen molar-refractivity contribution >= 4 is 23.4 Å². The van der Waals surface area contributed by atoms with Crippen molar-refractivity contribution < 1.29 is 19.1 Å². The predicted octanol–water partition coefficient (Wildman–Crippen LogP) is 2.20. The van der Waals surface area contributed by atoms with Crippen LogP contribution in [0.2, 0.25) is 0 Å². The fourth-order valence-electron chi connectivity index (χ4n) is 3.63. The Balaban J connectivity index is 1.73. The maximum Gasteiger partial charge on any atom is 0.247 e. The first-order valence-electron chi connectivity index (χ1n) is 8.34. The highest BCUT2D eigenvalue weighted by Gasteiger charge is 2.50. The third-order valence-corrected chi connectivity index (χ3v) is 4.98. The minimum absolute atomic E-state index is 0.196. The van der Waals surface area contributed by atoms with E-state index >= 15 is 0 Å². The van der Waals surface area contributed by atoms with Gasteiger partial charge in [0.1, 0.15) is 11.8 Å². The van der Waals surface area contributed by atoms with Crippen LogP contribution in [0.25, 0.3) is 0 Å². The minimum atomic E-state index is -0.818. The Kier molecular flexibility index (Phi) is 4.55. The number of hydrogen-bond acceptors (Lipinski definition) is 4. The number of methoxy groups -OCH3 is 1. The van der Waals surface area contributed by atoms with Crippen LogP contribution >= 0.6 is 0 Å². The highest BCUT2D eigenvalue weighted by Crippen LogP contribution is 2.38. The Bertz CT molecular complexity index is 649. The van der Waals surface area contributed by atoms with Crippen LogP contribution in [0.1, 0.15) is 32.6 Å². The lowest BCUT2D eigenvalue weighted by Crippen LogP contribution is -2.46. The summed E-state index contributed by atoms with van der Waals surface area (Å²) in [7, 11) is 1.55. The molecule has 1 aromatic carbocycles. The number of carbonyl (C=O) groups excluding carboxylic acids is 3. The summed E-state index contributed by atoms with van der Waals surface area (Å²) >= 11 is 0. The van der Waals surface area contributed by atoms with Gasteiger partial charge >= 0.3 is 0 Å². The Labute approximate surface area is 141 Å². The van der Waals surface area contributed by atoms with Gasteiger partial charge in [0.2, 0.25) is 17.7 Å². The second-order valence-electron chi connectivity index (χ2n) is 6.44. The van der Waals surface area contributed by atoms with E-state index in [1.54, 1.807) is 38.3 Å². The van der Waals surface area contributed by atoms with Crippen molar-refractivity contribution in [3.63, 3.8) is 0 Å². The average Bonchev–Trinajstić information content (AvgIpc) is 2.86. The number of amides is 3. The molecule has 1 heterocycles. The standard InChI is InChI=1S/C18H22N2O4/c1-11(16(21)19-12-6-5-7-13(10-12)24-2)20-17(22)14-8-3-4-9-15(14)18(20)23/h5-7,10-11,14-15H,3-4,8-9H2,1-2H3,(H,19,21). The summed E-state index contributed by atoms with van der Waals surface area (Å²) in [5.74, 6) is -0.615. The fraction of sp³-hybridized carbons (Fsp3) is 0.500. The van der Waals surface area contributed by atoms with Gasteiger partial charge in [0.25, 0.3) is 0 Å². The van der Waals surface area contributed by atoms with Crippen LogP contribution in [0.15, 0.2) is 24.3 Å². The van der Waals surface area contributed by atoms with E-state index in [0.717, 1.165) is 30.6 Å². The lowest BCUT2D eigenvalue weighted by atomic mass is 9.81. The molecule has 3 rings (SSSR count). The van der Waals surface area contributed by atoms with E-state index in [2.05, 4.69) is 5.32 Å². The number of anilines is 1. The predicted molar refractivity (Wildman–Crippen MR) is 88.4 cm³/mol. The molecule has 3 unspecified atom stereocenters. The van der Waals surface area contributed by atoms with Crippen molar-refractivity contribution in [3.8, 4) is 5.75 Å². The van der Waals surface area contributed by atoms with Gasteiger partial charge < -0.3 is 10.1 Å². The quantitative estimate of drug-likeness (QED) is 0.859. The number of hydrogen-bond donors (Lipinski definition) is 1. The molecule has 6 nitrogen and oxygen atoms in total. The topological polar surface area (TPSA) is 75.7 Å². The van der Waals surface area contributed by atoms with Crippen molar-refractivity contribution in [1.29, 1.82) is 0 Å². The molecule has 2 fully saturated rings. The maximum atomic E-state index is 12.6. The summed E-state index contributed by atoms with van der Waals surface area (Å²) in [6.45, 7) is 1.60.